The van der Waals surface area contributed by atoms with Crippen LogP contribution in [0, 0.1) is 0 Å². The van der Waals surface area contributed by atoms with Crippen LogP contribution in [0.5, 0.6) is 0 Å². The highest BCUT2D eigenvalue weighted by molar-refractivity contribution is 6.30. The van der Waals surface area contributed by atoms with E-state index < -0.39 is 6.10 Å². The molecule has 2 fully saturated rings. The van der Waals surface area contributed by atoms with Gasteiger partial charge in [-0.15, -0.1) is 0 Å². The van der Waals surface area contributed by atoms with Crippen molar-refractivity contribution in [3.63, 3.8) is 0 Å². The van der Waals surface area contributed by atoms with Crippen molar-refractivity contribution in [2.75, 3.05) is 19.8 Å². The number of rotatable bonds is 5. The predicted molar refractivity (Wildman–Crippen MR) is 89.5 cm³/mol. The van der Waals surface area contributed by atoms with Gasteiger partial charge >= 0.3 is 0 Å². The lowest BCUT2D eigenvalue weighted by atomic mass is 10.0. The first-order valence-corrected chi connectivity index (χ1v) is 8.82. The van der Waals surface area contributed by atoms with Crippen molar-refractivity contribution in [1.29, 1.82) is 0 Å². The van der Waals surface area contributed by atoms with Crippen LogP contribution in [0.4, 0.5) is 0 Å². The molecule has 0 radical (unpaired) electrons. The lowest BCUT2D eigenvalue weighted by molar-refractivity contribution is -0.145. The molecule has 3 rings (SSSR count). The molecule has 0 spiro atoms. The maximum absolute atomic E-state index is 12.7. The molecule has 1 aromatic carbocycles. The van der Waals surface area contributed by atoms with Gasteiger partial charge in [0.1, 0.15) is 6.10 Å². The zero-order valence-corrected chi connectivity index (χ0v) is 14.3. The van der Waals surface area contributed by atoms with Crippen molar-refractivity contribution < 1.29 is 14.3 Å². The van der Waals surface area contributed by atoms with E-state index in [0.717, 1.165) is 44.4 Å². The summed E-state index contributed by atoms with van der Waals surface area (Å²) < 4.78 is 11.3. The first kappa shape index (κ1) is 16.7. The number of carbonyl (C=O) groups is 1. The molecule has 2 aliphatic heterocycles. The van der Waals surface area contributed by atoms with E-state index in [1.807, 2.05) is 36.1 Å². The molecule has 1 amide bonds. The average molecular weight is 338 g/mol. The molecule has 0 N–H and O–H groups in total. The average Bonchev–Trinajstić information content (AvgIpc) is 3.23. The summed E-state index contributed by atoms with van der Waals surface area (Å²) in [6.07, 6.45) is 3.81. The second-order valence-corrected chi connectivity index (χ2v) is 6.79. The van der Waals surface area contributed by atoms with Crippen LogP contribution < -0.4 is 0 Å². The van der Waals surface area contributed by atoms with Crippen LogP contribution >= 0.6 is 11.6 Å². The lowest BCUT2D eigenvalue weighted by Crippen LogP contribution is -2.39. The zero-order valence-electron chi connectivity index (χ0n) is 13.5. The second-order valence-electron chi connectivity index (χ2n) is 6.36. The summed E-state index contributed by atoms with van der Waals surface area (Å²) in [5, 5.41) is 0.712. The molecule has 3 atom stereocenters. The Bertz CT molecular complexity index is 545. The third-order valence-electron chi connectivity index (χ3n) is 4.67. The molecule has 2 aliphatic rings. The van der Waals surface area contributed by atoms with Gasteiger partial charge in [0, 0.05) is 18.2 Å². The summed E-state index contributed by atoms with van der Waals surface area (Å²) in [6, 6.07) is 7.90. The zero-order chi connectivity index (χ0) is 16.2. The smallest absolute Gasteiger partial charge is 0.251 e. The number of hydrogen-bond donors (Lipinski definition) is 0. The third kappa shape index (κ3) is 4.06. The molecule has 0 unspecified atom stereocenters. The minimum absolute atomic E-state index is 0.0606. The van der Waals surface area contributed by atoms with E-state index >= 15 is 0 Å². The Labute approximate surface area is 142 Å². The Kier molecular flexibility index (Phi) is 5.57. The summed E-state index contributed by atoms with van der Waals surface area (Å²) >= 11 is 6.09. The van der Waals surface area contributed by atoms with Crippen molar-refractivity contribution in [3.05, 3.63) is 34.9 Å². The number of amides is 1. The molecule has 126 valence electrons. The topological polar surface area (TPSA) is 38.8 Å². The van der Waals surface area contributed by atoms with Crippen molar-refractivity contribution in [1.82, 2.24) is 4.90 Å². The molecule has 23 heavy (non-hydrogen) atoms. The van der Waals surface area contributed by atoms with Crippen molar-refractivity contribution in [2.24, 2.45) is 0 Å². The predicted octanol–water partition coefficient (Wildman–Crippen LogP) is 3.59. The normalized spacial score (nSPS) is 25.7. The maximum atomic E-state index is 12.7. The van der Waals surface area contributed by atoms with E-state index in [9.17, 15) is 4.79 Å². The first-order chi connectivity index (χ1) is 11.1. The highest BCUT2D eigenvalue weighted by Crippen LogP contribution is 2.33. The number of likely N-dealkylation sites (tertiary alicyclic amines) is 1. The Morgan fingerprint density at radius 2 is 2.30 bits per heavy atom. The SMILES string of the molecule is C[C@H](OC[C@H]1CCCO1)C(=O)N1CCC[C@@H]1c1cccc(Cl)c1. The number of halogens is 1. The van der Waals surface area contributed by atoms with Crippen molar-refractivity contribution in [2.45, 2.75) is 50.9 Å². The largest absolute Gasteiger partial charge is 0.376 e. The van der Waals surface area contributed by atoms with E-state index in [1.165, 1.54) is 0 Å². The molecular formula is C18H24ClNO3. The van der Waals surface area contributed by atoms with E-state index in [0.29, 0.717) is 11.6 Å². The molecular weight excluding hydrogens is 314 g/mol. The van der Waals surface area contributed by atoms with Gasteiger partial charge < -0.3 is 14.4 Å². The molecule has 0 aromatic heterocycles. The van der Waals surface area contributed by atoms with Crippen LogP contribution in [-0.2, 0) is 14.3 Å². The van der Waals surface area contributed by atoms with Crippen LogP contribution in [0.25, 0.3) is 0 Å². The van der Waals surface area contributed by atoms with Gasteiger partial charge in [0.05, 0.1) is 18.8 Å². The molecule has 0 bridgehead atoms. The third-order valence-corrected chi connectivity index (χ3v) is 4.91. The van der Waals surface area contributed by atoms with Gasteiger partial charge in [-0.3, -0.25) is 4.79 Å². The van der Waals surface area contributed by atoms with Crippen molar-refractivity contribution in [3.8, 4) is 0 Å². The summed E-state index contributed by atoms with van der Waals surface area (Å²) in [5.74, 6) is 0.0606. The number of carbonyl (C=O) groups excluding carboxylic acids is 1. The number of ether oxygens (including phenoxy) is 2. The standard InChI is InChI=1S/C18H24ClNO3/c1-13(23-12-16-7-4-10-22-16)18(21)20-9-3-8-17(20)14-5-2-6-15(19)11-14/h2,5-6,11,13,16-17H,3-4,7-10,12H2,1H3/t13-,16+,17+/m0/s1. The Hall–Kier alpha value is -1.10. The second kappa shape index (κ2) is 7.65. The van der Waals surface area contributed by atoms with Crippen LogP contribution in [-0.4, -0.2) is 42.8 Å². The molecule has 5 heteroatoms. The molecule has 0 saturated carbocycles. The fourth-order valence-electron chi connectivity index (χ4n) is 3.42. The van der Waals surface area contributed by atoms with E-state index in [-0.39, 0.29) is 18.1 Å². The van der Waals surface area contributed by atoms with Crippen LogP contribution in [0.1, 0.15) is 44.2 Å². The summed E-state index contributed by atoms with van der Waals surface area (Å²) in [6.45, 7) is 3.93. The minimum atomic E-state index is -0.431. The highest BCUT2D eigenvalue weighted by atomic mass is 35.5. The fraction of sp³-hybridized carbons (Fsp3) is 0.611. The monoisotopic (exact) mass is 337 g/mol. The van der Waals surface area contributed by atoms with Crippen LogP contribution in [0.2, 0.25) is 5.02 Å². The van der Waals surface area contributed by atoms with E-state index in [4.69, 9.17) is 21.1 Å². The molecule has 2 saturated heterocycles. The number of benzene rings is 1. The molecule has 0 aliphatic carbocycles. The maximum Gasteiger partial charge on any atom is 0.251 e. The Balaban J connectivity index is 1.60. The molecule has 1 aromatic rings. The lowest BCUT2D eigenvalue weighted by Gasteiger charge is -2.28. The van der Waals surface area contributed by atoms with Crippen molar-refractivity contribution >= 4 is 17.5 Å². The summed E-state index contributed by atoms with van der Waals surface area (Å²) in [5.41, 5.74) is 1.11. The van der Waals surface area contributed by atoms with Gasteiger partial charge in [0.25, 0.3) is 5.91 Å². The summed E-state index contributed by atoms with van der Waals surface area (Å²) in [4.78, 5) is 14.7. The van der Waals surface area contributed by atoms with Gasteiger partial charge in [0.2, 0.25) is 0 Å². The van der Waals surface area contributed by atoms with Crippen LogP contribution in [0.15, 0.2) is 24.3 Å². The first-order valence-electron chi connectivity index (χ1n) is 8.44. The number of hydrogen-bond acceptors (Lipinski definition) is 3. The van der Waals surface area contributed by atoms with Crippen LogP contribution in [0.3, 0.4) is 0 Å². The summed E-state index contributed by atoms with van der Waals surface area (Å²) in [7, 11) is 0. The van der Waals surface area contributed by atoms with E-state index in [1.54, 1.807) is 0 Å². The van der Waals surface area contributed by atoms with Gasteiger partial charge in [-0.2, -0.15) is 0 Å². The minimum Gasteiger partial charge on any atom is -0.376 e. The quantitative estimate of drug-likeness (QED) is 0.824. The molecule has 4 nitrogen and oxygen atoms in total. The van der Waals surface area contributed by atoms with E-state index in [2.05, 4.69) is 0 Å². The van der Waals surface area contributed by atoms with Gasteiger partial charge in [-0.25, -0.2) is 0 Å². The van der Waals surface area contributed by atoms with Gasteiger partial charge in [-0.05, 0) is 50.3 Å². The molecule has 2 heterocycles. The number of nitrogens with zero attached hydrogens (tertiary/aromatic N) is 1. The van der Waals surface area contributed by atoms with Gasteiger partial charge in [0.15, 0.2) is 0 Å². The fourth-order valence-corrected chi connectivity index (χ4v) is 3.62. The highest BCUT2D eigenvalue weighted by Gasteiger charge is 2.33. The Morgan fingerprint density at radius 3 is 3.04 bits per heavy atom. The van der Waals surface area contributed by atoms with Gasteiger partial charge in [-0.1, -0.05) is 23.7 Å². The Morgan fingerprint density at radius 1 is 1.43 bits per heavy atom.